The maximum Gasteiger partial charge on any atom is 0.410 e. The van der Waals surface area contributed by atoms with Crippen LogP contribution in [0.1, 0.15) is 38.7 Å². The average Bonchev–Trinajstić information content (AvgIpc) is 2.40. The molecule has 0 aromatic heterocycles. The maximum atomic E-state index is 12.2. The Labute approximate surface area is 141 Å². The molecule has 0 spiro atoms. The topological polar surface area (TPSA) is 55.6 Å². The normalized spacial score (nSPS) is 22.5. The molecule has 1 heterocycles. The summed E-state index contributed by atoms with van der Waals surface area (Å²) in [4.78, 5) is 13.9. The van der Waals surface area contributed by atoms with Gasteiger partial charge >= 0.3 is 6.09 Å². The first-order valence-electron chi connectivity index (χ1n) is 7.36. The molecule has 22 heavy (non-hydrogen) atoms. The fourth-order valence-corrected chi connectivity index (χ4v) is 2.86. The van der Waals surface area contributed by atoms with Crippen LogP contribution in [0.2, 0.25) is 10.0 Å². The second kappa shape index (κ2) is 6.65. The van der Waals surface area contributed by atoms with Crippen molar-refractivity contribution in [1.82, 2.24) is 4.90 Å². The lowest BCUT2D eigenvalue weighted by molar-refractivity contribution is 0.0186. The van der Waals surface area contributed by atoms with Crippen molar-refractivity contribution in [3.8, 4) is 0 Å². The SMILES string of the molecule is CC(C)(C)OC(=O)N1CC[C@H](N)[C@H](c2ccc(Cl)c(Cl)c2)C1. The van der Waals surface area contributed by atoms with Crippen molar-refractivity contribution in [2.24, 2.45) is 5.73 Å². The molecule has 122 valence electrons. The first-order valence-corrected chi connectivity index (χ1v) is 8.11. The van der Waals surface area contributed by atoms with Crippen LogP contribution in [0.3, 0.4) is 0 Å². The van der Waals surface area contributed by atoms with Crippen LogP contribution in [-0.2, 0) is 4.74 Å². The van der Waals surface area contributed by atoms with Crippen molar-refractivity contribution in [3.05, 3.63) is 33.8 Å². The summed E-state index contributed by atoms with van der Waals surface area (Å²) in [5.41, 5.74) is 6.73. The molecule has 1 amide bonds. The Balaban J connectivity index is 2.14. The zero-order chi connectivity index (χ0) is 16.5. The van der Waals surface area contributed by atoms with Crippen molar-refractivity contribution >= 4 is 29.3 Å². The molecule has 0 bridgehead atoms. The second-order valence-corrected chi connectivity index (χ2v) is 7.47. The lowest BCUT2D eigenvalue weighted by atomic mass is 9.87. The third-order valence-electron chi connectivity index (χ3n) is 3.69. The first kappa shape index (κ1) is 17.4. The minimum absolute atomic E-state index is 0.0177. The number of piperidine rings is 1. The van der Waals surface area contributed by atoms with E-state index in [4.69, 9.17) is 33.7 Å². The molecule has 1 aromatic carbocycles. The minimum Gasteiger partial charge on any atom is -0.444 e. The van der Waals surface area contributed by atoms with E-state index in [9.17, 15) is 4.79 Å². The van der Waals surface area contributed by atoms with Crippen molar-refractivity contribution < 1.29 is 9.53 Å². The van der Waals surface area contributed by atoms with Crippen molar-refractivity contribution in [2.45, 2.75) is 44.8 Å². The van der Waals surface area contributed by atoms with Gasteiger partial charge in [-0.1, -0.05) is 29.3 Å². The molecule has 1 fully saturated rings. The average molecular weight is 345 g/mol. The van der Waals surface area contributed by atoms with Gasteiger partial charge < -0.3 is 15.4 Å². The number of ether oxygens (including phenoxy) is 1. The summed E-state index contributed by atoms with van der Waals surface area (Å²) < 4.78 is 5.44. The third kappa shape index (κ3) is 4.28. The fourth-order valence-electron chi connectivity index (χ4n) is 2.56. The molecule has 4 nitrogen and oxygen atoms in total. The van der Waals surface area contributed by atoms with Crippen LogP contribution in [0, 0.1) is 0 Å². The summed E-state index contributed by atoms with van der Waals surface area (Å²) in [6.45, 7) is 6.70. The Morgan fingerprint density at radius 1 is 1.32 bits per heavy atom. The first-order chi connectivity index (χ1) is 10.2. The van der Waals surface area contributed by atoms with Crippen molar-refractivity contribution in [1.29, 1.82) is 0 Å². The fraction of sp³-hybridized carbons (Fsp3) is 0.562. The van der Waals surface area contributed by atoms with Crippen LogP contribution >= 0.6 is 23.2 Å². The Hall–Kier alpha value is -0.970. The predicted molar refractivity (Wildman–Crippen MR) is 89.6 cm³/mol. The van der Waals surface area contributed by atoms with Gasteiger partial charge in [0.25, 0.3) is 0 Å². The molecule has 2 N–H and O–H groups in total. The number of carbonyl (C=O) groups is 1. The van der Waals surface area contributed by atoms with Crippen LogP contribution in [0.25, 0.3) is 0 Å². The van der Waals surface area contributed by atoms with E-state index in [1.807, 2.05) is 32.9 Å². The van der Waals surface area contributed by atoms with E-state index in [-0.39, 0.29) is 18.1 Å². The number of halogens is 2. The quantitative estimate of drug-likeness (QED) is 0.836. The van der Waals surface area contributed by atoms with Crippen molar-refractivity contribution in [3.63, 3.8) is 0 Å². The molecule has 1 aliphatic rings. The second-order valence-electron chi connectivity index (χ2n) is 6.66. The van der Waals surface area contributed by atoms with Gasteiger partial charge in [0.1, 0.15) is 5.60 Å². The molecule has 0 aliphatic carbocycles. The van der Waals surface area contributed by atoms with Gasteiger partial charge in [0, 0.05) is 25.0 Å². The summed E-state index contributed by atoms with van der Waals surface area (Å²) in [6, 6.07) is 5.49. The number of likely N-dealkylation sites (tertiary alicyclic amines) is 1. The van der Waals surface area contributed by atoms with Gasteiger partial charge in [0.15, 0.2) is 0 Å². The minimum atomic E-state index is -0.504. The summed E-state index contributed by atoms with van der Waals surface area (Å²) in [6.07, 6.45) is 0.425. The highest BCUT2D eigenvalue weighted by Gasteiger charge is 2.32. The summed E-state index contributed by atoms with van der Waals surface area (Å²) in [5.74, 6) is 0.0241. The molecule has 2 rings (SSSR count). The van der Waals surface area contributed by atoms with Gasteiger partial charge in [-0.2, -0.15) is 0 Å². The van der Waals surface area contributed by atoms with Crippen molar-refractivity contribution in [2.75, 3.05) is 13.1 Å². The van der Waals surface area contributed by atoms with Crippen LogP contribution in [0.5, 0.6) is 0 Å². The monoisotopic (exact) mass is 344 g/mol. The largest absolute Gasteiger partial charge is 0.444 e. The number of hydrogen-bond donors (Lipinski definition) is 1. The van der Waals surface area contributed by atoms with Crippen LogP contribution in [0.15, 0.2) is 18.2 Å². The molecular formula is C16H22Cl2N2O2. The zero-order valence-corrected chi connectivity index (χ0v) is 14.6. The Morgan fingerprint density at radius 3 is 2.59 bits per heavy atom. The smallest absolute Gasteiger partial charge is 0.410 e. The Kier molecular flexibility index (Phi) is 5.25. The number of amides is 1. The summed E-state index contributed by atoms with van der Waals surface area (Å²) >= 11 is 12.0. The molecule has 0 radical (unpaired) electrons. The number of rotatable bonds is 1. The number of carbonyl (C=O) groups excluding carboxylic acids is 1. The van der Waals surface area contributed by atoms with Gasteiger partial charge in [-0.25, -0.2) is 4.79 Å². The van der Waals surface area contributed by atoms with E-state index in [0.29, 0.717) is 23.1 Å². The molecule has 0 unspecified atom stereocenters. The lowest BCUT2D eigenvalue weighted by Gasteiger charge is -2.37. The Bertz CT molecular complexity index is 558. The van der Waals surface area contributed by atoms with E-state index < -0.39 is 5.60 Å². The summed E-state index contributed by atoms with van der Waals surface area (Å²) in [5, 5.41) is 1.01. The van der Waals surface area contributed by atoms with E-state index in [1.165, 1.54) is 0 Å². The van der Waals surface area contributed by atoms with E-state index in [2.05, 4.69) is 0 Å². The highest BCUT2D eigenvalue weighted by Crippen LogP contribution is 2.31. The van der Waals surface area contributed by atoms with Gasteiger partial charge in [0.05, 0.1) is 10.0 Å². The van der Waals surface area contributed by atoms with Gasteiger partial charge in [-0.05, 0) is 44.9 Å². The number of nitrogens with two attached hydrogens (primary N) is 1. The number of benzene rings is 1. The molecule has 6 heteroatoms. The number of hydrogen-bond acceptors (Lipinski definition) is 3. The molecule has 1 saturated heterocycles. The van der Waals surface area contributed by atoms with E-state index in [1.54, 1.807) is 11.0 Å². The Morgan fingerprint density at radius 2 is 2.00 bits per heavy atom. The molecule has 1 aromatic rings. The third-order valence-corrected chi connectivity index (χ3v) is 4.43. The number of nitrogens with zero attached hydrogens (tertiary/aromatic N) is 1. The van der Waals surface area contributed by atoms with Gasteiger partial charge in [0.2, 0.25) is 0 Å². The highest BCUT2D eigenvalue weighted by molar-refractivity contribution is 6.42. The van der Waals surface area contributed by atoms with Crippen LogP contribution in [-0.4, -0.2) is 35.7 Å². The van der Waals surface area contributed by atoms with Gasteiger partial charge in [-0.15, -0.1) is 0 Å². The standard InChI is InChI=1S/C16H22Cl2N2O2/c1-16(2,3)22-15(21)20-7-6-14(19)11(9-20)10-4-5-12(17)13(18)8-10/h4-5,8,11,14H,6-7,9,19H2,1-3H3/t11-,14-/m0/s1. The van der Waals surface area contributed by atoms with Crippen LogP contribution < -0.4 is 5.73 Å². The predicted octanol–water partition coefficient (Wildman–Crippen LogP) is 4.05. The van der Waals surface area contributed by atoms with E-state index in [0.717, 1.165) is 12.0 Å². The molecule has 0 saturated carbocycles. The maximum absolute atomic E-state index is 12.2. The summed E-state index contributed by atoms with van der Waals surface area (Å²) in [7, 11) is 0. The molecule has 1 aliphatic heterocycles. The lowest BCUT2D eigenvalue weighted by Crippen LogP contribution is -2.49. The van der Waals surface area contributed by atoms with Crippen LogP contribution in [0.4, 0.5) is 4.79 Å². The molecule has 2 atom stereocenters. The van der Waals surface area contributed by atoms with E-state index >= 15 is 0 Å². The molecular weight excluding hydrogens is 323 g/mol. The zero-order valence-electron chi connectivity index (χ0n) is 13.1. The van der Waals surface area contributed by atoms with Gasteiger partial charge in [-0.3, -0.25) is 0 Å². The highest BCUT2D eigenvalue weighted by atomic mass is 35.5.